The smallest absolute Gasteiger partial charge is 0.263 e. The fourth-order valence-electron chi connectivity index (χ4n) is 3.29. The minimum absolute atomic E-state index is 0.185. The topological polar surface area (TPSA) is 58.8 Å². The summed E-state index contributed by atoms with van der Waals surface area (Å²) >= 11 is 6.82. The first-order valence-corrected chi connectivity index (χ1v) is 9.81. The monoisotopic (exact) mass is 469 g/mol. The highest BCUT2D eigenvalue weighted by Gasteiger charge is 2.37. The van der Waals surface area contributed by atoms with Crippen molar-refractivity contribution in [2.75, 3.05) is 20.2 Å². The van der Waals surface area contributed by atoms with Crippen molar-refractivity contribution in [2.45, 2.75) is 25.0 Å². The van der Waals surface area contributed by atoms with Crippen LogP contribution in [-0.4, -0.2) is 41.6 Å². The second-order valence-corrected chi connectivity index (χ2v) is 8.05. The van der Waals surface area contributed by atoms with Gasteiger partial charge in [0.25, 0.3) is 5.91 Å². The highest BCUT2D eigenvalue weighted by molar-refractivity contribution is 9.11. The Labute approximate surface area is 164 Å². The number of likely N-dealkylation sites (tertiary alicyclic amines) is 1. The Balaban J connectivity index is 1.86. The Morgan fingerprint density at radius 2 is 1.80 bits per heavy atom. The van der Waals surface area contributed by atoms with Crippen LogP contribution in [0.5, 0.6) is 0 Å². The molecule has 25 heavy (non-hydrogen) atoms. The summed E-state index contributed by atoms with van der Waals surface area (Å²) in [6.07, 6.45) is 8.96. The van der Waals surface area contributed by atoms with E-state index in [1.165, 1.54) is 11.3 Å². The maximum atomic E-state index is 12.8. The summed E-state index contributed by atoms with van der Waals surface area (Å²) in [5, 5.41) is 0. The minimum atomic E-state index is -0.681. The van der Waals surface area contributed by atoms with Gasteiger partial charge in [-0.05, 0) is 37.1 Å². The lowest BCUT2D eigenvalue weighted by Crippen LogP contribution is -2.52. The molecule has 1 aromatic carbocycles. The molecule has 1 saturated heterocycles. The van der Waals surface area contributed by atoms with Gasteiger partial charge in [-0.2, -0.15) is 0 Å². The van der Waals surface area contributed by atoms with Crippen LogP contribution in [0.15, 0.2) is 51.3 Å². The standard InChI is InChI=1S/C18H21Br2N3O2/c1-25-18(22-6-3-2-4-7-22)5-8-23(16(21)12-18)17(24)13-9-14(19)11-15(20)10-13/h5,8-12H,2-4,6-7,21H2,1H3. The molecule has 7 heteroatoms. The molecule has 2 aliphatic heterocycles. The predicted octanol–water partition coefficient (Wildman–Crippen LogP) is 3.81. The molecule has 3 rings (SSSR count). The van der Waals surface area contributed by atoms with Crippen molar-refractivity contribution in [2.24, 2.45) is 5.73 Å². The molecule has 0 bridgehead atoms. The number of ether oxygens (including phenoxy) is 1. The van der Waals surface area contributed by atoms with Crippen LogP contribution in [0.2, 0.25) is 0 Å². The molecule has 1 atom stereocenters. The molecule has 1 amide bonds. The third kappa shape index (κ3) is 3.84. The van der Waals surface area contributed by atoms with Gasteiger partial charge in [-0.3, -0.25) is 14.6 Å². The number of hydrogen-bond donors (Lipinski definition) is 1. The number of methoxy groups -OCH3 is 1. The molecular formula is C18H21Br2N3O2. The van der Waals surface area contributed by atoms with Crippen LogP contribution in [0.25, 0.3) is 0 Å². The molecule has 2 heterocycles. The number of nitrogens with zero attached hydrogens (tertiary/aromatic N) is 2. The van der Waals surface area contributed by atoms with Crippen LogP contribution in [-0.2, 0) is 4.74 Å². The van der Waals surface area contributed by atoms with E-state index < -0.39 is 5.72 Å². The summed E-state index contributed by atoms with van der Waals surface area (Å²) in [6.45, 7) is 1.91. The number of halogens is 2. The molecule has 0 aliphatic carbocycles. The number of carbonyl (C=O) groups is 1. The highest BCUT2D eigenvalue weighted by atomic mass is 79.9. The SMILES string of the molecule is COC1(N2CCCCC2)C=CN(C(=O)c2cc(Br)cc(Br)c2)C(N)=C1. The van der Waals surface area contributed by atoms with E-state index in [1.54, 1.807) is 25.4 Å². The zero-order valence-corrected chi connectivity index (χ0v) is 17.2. The maximum absolute atomic E-state index is 12.8. The van der Waals surface area contributed by atoms with Crippen LogP contribution < -0.4 is 5.73 Å². The summed E-state index contributed by atoms with van der Waals surface area (Å²) < 4.78 is 7.44. The van der Waals surface area contributed by atoms with Crippen molar-refractivity contribution < 1.29 is 9.53 Å². The average Bonchev–Trinajstić information content (AvgIpc) is 2.61. The van der Waals surface area contributed by atoms with Gasteiger partial charge in [-0.15, -0.1) is 0 Å². The fraction of sp³-hybridized carbons (Fsp3) is 0.389. The maximum Gasteiger partial charge on any atom is 0.263 e. The van der Waals surface area contributed by atoms with Gasteiger partial charge >= 0.3 is 0 Å². The van der Waals surface area contributed by atoms with Gasteiger partial charge in [0.05, 0.1) is 0 Å². The number of benzene rings is 1. The summed E-state index contributed by atoms with van der Waals surface area (Å²) in [4.78, 5) is 16.6. The van der Waals surface area contributed by atoms with E-state index in [2.05, 4.69) is 36.8 Å². The van der Waals surface area contributed by atoms with E-state index in [0.29, 0.717) is 11.4 Å². The predicted molar refractivity (Wildman–Crippen MR) is 105 cm³/mol. The van der Waals surface area contributed by atoms with Crippen LogP contribution >= 0.6 is 31.9 Å². The van der Waals surface area contributed by atoms with Crippen molar-refractivity contribution in [3.8, 4) is 0 Å². The van der Waals surface area contributed by atoms with Gasteiger partial charge in [0.1, 0.15) is 5.82 Å². The van der Waals surface area contributed by atoms with Gasteiger partial charge < -0.3 is 10.5 Å². The zero-order valence-electron chi connectivity index (χ0n) is 14.0. The number of amides is 1. The average molecular weight is 471 g/mol. The normalized spacial score (nSPS) is 24.3. The number of piperidine rings is 1. The highest BCUT2D eigenvalue weighted by Crippen LogP contribution is 2.30. The summed E-state index contributed by atoms with van der Waals surface area (Å²) in [7, 11) is 1.67. The lowest BCUT2D eigenvalue weighted by atomic mass is 10.0. The van der Waals surface area contributed by atoms with Gasteiger partial charge in [-0.1, -0.05) is 38.3 Å². The molecule has 2 N–H and O–H groups in total. The van der Waals surface area contributed by atoms with Crippen molar-refractivity contribution in [1.82, 2.24) is 9.80 Å². The van der Waals surface area contributed by atoms with Crippen LogP contribution in [0.4, 0.5) is 0 Å². The summed E-state index contributed by atoms with van der Waals surface area (Å²) in [6, 6.07) is 5.43. The lowest BCUT2D eigenvalue weighted by molar-refractivity contribution is -0.0733. The third-order valence-corrected chi connectivity index (χ3v) is 5.52. The Morgan fingerprint density at radius 3 is 2.36 bits per heavy atom. The summed E-state index contributed by atoms with van der Waals surface area (Å²) in [5.74, 6) is 0.186. The number of rotatable bonds is 3. The van der Waals surface area contributed by atoms with E-state index in [4.69, 9.17) is 10.5 Å². The van der Waals surface area contributed by atoms with Crippen molar-refractivity contribution >= 4 is 37.8 Å². The van der Waals surface area contributed by atoms with Gasteiger partial charge in [0.2, 0.25) is 0 Å². The first-order chi connectivity index (χ1) is 11.9. The first-order valence-electron chi connectivity index (χ1n) is 8.23. The van der Waals surface area contributed by atoms with Crippen molar-refractivity contribution in [3.05, 3.63) is 56.9 Å². The van der Waals surface area contributed by atoms with Crippen molar-refractivity contribution in [1.29, 1.82) is 0 Å². The number of hydrogen-bond acceptors (Lipinski definition) is 4. The van der Waals surface area contributed by atoms with Gasteiger partial charge in [0.15, 0.2) is 5.72 Å². The Bertz CT molecular complexity index is 709. The second kappa shape index (κ2) is 7.61. The first kappa shape index (κ1) is 18.6. The molecule has 5 nitrogen and oxygen atoms in total. The van der Waals surface area contributed by atoms with Gasteiger partial charge in [-0.25, -0.2) is 0 Å². The quantitative estimate of drug-likeness (QED) is 0.729. The molecule has 0 spiro atoms. The minimum Gasteiger partial charge on any atom is -0.385 e. The van der Waals surface area contributed by atoms with E-state index in [-0.39, 0.29) is 5.91 Å². The molecule has 0 radical (unpaired) electrons. The summed E-state index contributed by atoms with van der Waals surface area (Å²) in [5.41, 5.74) is 6.10. The fourth-order valence-corrected chi connectivity index (χ4v) is 4.59. The molecule has 1 fully saturated rings. The molecular weight excluding hydrogens is 450 g/mol. The lowest BCUT2D eigenvalue weighted by Gasteiger charge is -2.43. The van der Waals surface area contributed by atoms with Crippen LogP contribution in [0, 0.1) is 0 Å². The Kier molecular flexibility index (Phi) is 5.68. The molecule has 2 aliphatic rings. The third-order valence-electron chi connectivity index (χ3n) is 4.60. The molecule has 1 unspecified atom stereocenters. The van der Waals surface area contributed by atoms with E-state index >= 15 is 0 Å². The van der Waals surface area contributed by atoms with Gasteiger partial charge in [0, 0.05) is 47.0 Å². The van der Waals surface area contributed by atoms with E-state index in [9.17, 15) is 4.79 Å². The Morgan fingerprint density at radius 1 is 1.16 bits per heavy atom. The van der Waals surface area contributed by atoms with E-state index in [0.717, 1.165) is 34.9 Å². The van der Waals surface area contributed by atoms with Crippen LogP contribution in [0.3, 0.4) is 0 Å². The Hall–Kier alpha value is -1.15. The molecule has 134 valence electrons. The van der Waals surface area contributed by atoms with Crippen molar-refractivity contribution in [3.63, 3.8) is 0 Å². The molecule has 0 aromatic heterocycles. The van der Waals surface area contributed by atoms with E-state index in [1.807, 2.05) is 18.2 Å². The zero-order chi connectivity index (χ0) is 18.0. The number of carbonyl (C=O) groups excluding carboxylic acids is 1. The largest absolute Gasteiger partial charge is 0.385 e. The second-order valence-electron chi connectivity index (χ2n) is 6.22. The number of nitrogens with two attached hydrogens (primary N) is 1. The molecule has 0 saturated carbocycles. The van der Waals surface area contributed by atoms with Crippen LogP contribution in [0.1, 0.15) is 29.6 Å². The molecule has 1 aromatic rings.